The van der Waals surface area contributed by atoms with Crippen LogP contribution in [0.2, 0.25) is 0 Å². The zero-order chi connectivity index (χ0) is 15.9. The van der Waals surface area contributed by atoms with E-state index in [4.69, 9.17) is 10.5 Å². The number of carbonyl (C=O) groups is 1. The number of halogens is 1. The highest BCUT2D eigenvalue weighted by Crippen LogP contribution is 2.24. The summed E-state index contributed by atoms with van der Waals surface area (Å²) in [5.41, 5.74) is 7.40. The first-order valence-corrected chi connectivity index (χ1v) is 7.28. The summed E-state index contributed by atoms with van der Waals surface area (Å²) in [6.07, 6.45) is 1.58. The van der Waals surface area contributed by atoms with Gasteiger partial charge in [0.1, 0.15) is 5.75 Å². The molecule has 6 heteroatoms. The third kappa shape index (κ3) is 5.54. The Hall–Kier alpha value is -2.11. The number of rotatable bonds is 6. The molecule has 0 saturated carbocycles. The molecular weight excluding hydrogens is 314 g/mol. The van der Waals surface area contributed by atoms with Crippen LogP contribution in [-0.4, -0.2) is 17.5 Å². The van der Waals surface area contributed by atoms with Crippen LogP contribution < -0.4 is 15.8 Å². The average molecular weight is 336 g/mol. The minimum atomic E-state index is -0.210. The van der Waals surface area contributed by atoms with Gasteiger partial charge in [-0.15, -0.1) is 12.4 Å². The summed E-state index contributed by atoms with van der Waals surface area (Å²) in [7, 11) is 0. The molecule has 3 N–H and O–H groups in total. The van der Waals surface area contributed by atoms with Gasteiger partial charge in [-0.2, -0.15) is 0 Å². The number of amides is 1. The number of hydrogen-bond donors (Lipinski definition) is 2. The fraction of sp³-hybridized carbons (Fsp3) is 0.294. The summed E-state index contributed by atoms with van der Waals surface area (Å²) in [6.45, 7) is 5.05. The standard InChI is InChI=1S/C17H21N3O2.ClH/c1-12(2)11-22-16-6-4-3-5-15(16)20-17(21)13-7-8-19-14(9-13)10-18;/h3-9,12H,10-11,18H2,1-2H3,(H,20,21);1H. The van der Waals surface area contributed by atoms with Gasteiger partial charge in [0.25, 0.3) is 5.91 Å². The first-order valence-electron chi connectivity index (χ1n) is 7.28. The molecule has 1 amide bonds. The first kappa shape index (κ1) is 18.9. The van der Waals surface area contributed by atoms with Gasteiger partial charge in [-0.1, -0.05) is 26.0 Å². The average Bonchev–Trinajstić information content (AvgIpc) is 2.54. The van der Waals surface area contributed by atoms with Gasteiger partial charge in [0.05, 0.1) is 18.0 Å². The predicted molar refractivity (Wildman–Crippen MR) is 94.1 cm³/mol. The molecule has 2 rings (SSSR count). The monoisotopic (exact) mass is 335 g/mol. The van der Waals surface area contributed by atoms with Crippen molar-refractivity contribution < 1.29 is 9.53 Å². The van der Waals surface area contributed by atoms with Crippen molar-refractivity contribution in [2.75, 3.05) is 11.9 Å². The van der Waals surface area contributed by atoms with E-state index >= 15 is 0 Å². The normalized spacial score (nSPS) is 10.1. The maximum Gasteiger partial charge on any atom is 0.255 e. The van der Waals surface area contributed by atoms with E-state index in [1.807, 2.05) is 24.3 Å². The SMILES string of the molecule is CC(C)COc1ccccc1NC(=O)c1ccnc(CN)c1.Cl. The third-order valence-electron chi connectivity index (χ3n) is 3.00. The number of benzene rings is 1. The maximum absolute atomic E-state index is 12.3. The minimum absolute atomic E-state index is 0. The van der Waals surface area contributed by atoms with Crippen LogP contribution in [-0.2, 0) is 6.54 Å². The van der Waals surface area contributed by atoms with E-state index in [1.165, 1.54) is 0 Å². The van der Waals surface area contributed by atoms with Gasteiger partial charge >= 0.3 is 0 Å². The van der Waals surface area contributed by atoms with Gasteiger partial charge in [-0.05, 0) is 30.2 Å². The number of nitrogens with two attached hydrogens (primary N) is 1. The number of ether oxygens (including phenoxy) is 1. The summed E-state index contributed by atoms with van der Waals surface area (Å²) >= 11 is 0. The van der Waals surface area contributed by atoms with Crippen molar-refractivity contribution in [1.29, 1.82) is 0 Å². The van der Waals surface area contributed by atoms with Crippen LogP contribution in [0, 0.1) is 5.92 Å². The second kappa shape index (κ2) is 9.12. The smallest absolute Gasteiger partial charge is 0.255 e. The summed E-state index contributed by atoms with van der Waals surface area (Å²) in [5, 5.41) is 2.87. The van der Waals surface area contributed by atoms with Crippen molar-refractivity contribution in [2.45, 2.75) is 20.4 Å². The van der Waals surface area contributed by atoms with Crippen molar-refractivity contribution in [1.82, 2.24) is 4.98 Å². The minimum Gasteiger partial charge on any atom is -0.491 e. The van der Waals surface area contributed by atoms with Crippen molar-refractivity contribution in [3.8, 4) is 5.75 Å². The topological polar surface area (TPSA) is 77.2 Å². The largest absolute Gasteiger partial charge is 0.491 e. The number of hydrogen-bond acceptors (Lipinski definition) is 4. The van der Waals surface area contributed by atoms with Crippen molar-refractivity contribution >= 4 is 24.0 Å². The molecule has 2 aromatic rings. The number of nitrogens with one attached hydrogen (secondary N) is 1. The molecule has 0 atom stereocenters. The number of para-hydroxylation sites is 2. The molecule has 0 saturated heterocycles. The lowest BCUT2D eigenvalue weighted by Gasteiger charge is -2.14. The van der Waals surface area contributed by atoms with Crippen molar-refractivity contribution in [3.63, 3.8) is 0 Å². The molecular formula is C17H22ClN3O2. The second-order valence-electron chi connectivity index (χ2n) is 5.40. The van der Waals surface area contributed by atoms with Gasteiger partial charge in [0, 0.05) is 18.3 Å². The molecule has 0 unspecified atom stereocenters. The maximum atomic E-state index is 12.3. The Morgan fingerprint density at radius 1 is 1.30 bits per heavy atom. The first-order chi connectivity index (χ1) is 10.6. The van der Waals surface area contributed by atoms with Crippen LogP contribution in [0.1, 0.15) is 29.9 Å². The highest BCUT2D eigenvalue weighted by Gasteiger charge is 2.11. The van der Waals surface area contributed by atoms with Crippen LogP contribution in [0.5, 0.6) is 5.75 Å². The lowest BCUT2D eigenvalue weighted by molar-refractivity contribution is 0.102. The highest BCUT2D eigenvalue weighted by molar-refractivity contribution is 6.05. The Kier molecular flexibility index (Phi) is 7.51. The summed E-state index contributed by atoms with van der Waals surface area (Å²) in [4.78, 5) is 16.4. The second-order valence-corrected chi connectivity index (χ2v) is 5.40. The van der Waals surface area contributed by atoms with E-state index < -0.39 is 0 Å². The molecule has 1 heterocycles. The van der Waals surface area contributed by atoms with Crippen LogP contribution in [0.4, 0.5) is 5.69 Å². The zero-order valence-corrected chi connectivity index (χ0v) is 14.1. The summed E-state index contributed by atoms with van der Waals surface area (Å²) < 4.78 is 5.73. The fourth-order valence-corrected chi connectivity index (χ4v) is 1.88. The Balaban J connectivity index is 0.00000264. The zero-order valence-electron chi connectivity index (χ0n) is 13.3. The van der Waals surface area contributed by atoms with Crippen molar-refractivity contribution in [3.05, 3.63) is 53.9 Å². The molecule has 124 valence electrons. The van der Waals surface area contributed by atoms with Gasteiger partial charge in [-0.3, -0.25) is 9.78 Å². The quantitative estimate of drug-likeness (QED) is 0.849. The van der Waals surface area contributed by atoms with Gasteiger partial charge < -0.3 is 15.8 Å². The van der Waals surface area contributed by atoms with Crippen molar-refractivity contribution in [2.24, 2.45) is 11.7 Å². The Labute approximate surface area is 142 Å². The number of nitrogens with zero attached hydrogens (tertiary/aromatic N) is 1. The number of carbonyl (C=O) groups excluding carboxylic acids is 1. The van der Waals surface area contributed by atoms with Crippen LogP contribution in [0.15, 0.2) is 42.6 Å². The van der Waals surface area contributed by atoms with E-state index in [1.54, 1.807) is 18.3 Å². The molecule has 1 aromatic carbocycles. The highest BCUT2D eigenvalue weighted by atomic mass is 35.5. The number of pyridine rings is 1. The lowest BCUT2D eigenvalue weighted by Crippen LogP contribution is -2.14. The van der Waals surface area contributed by atoms with E-state index in [0.717, 1.165) is 0 Å². The van der Waals surface area contributed by atoms with Crippen LogP contribution >= 0.6 is 12.4 Å². The molecule has 0 fully saturated rings. The van der Waals surface area contributed by atoms with E-state index in [9.17, 15) is 4.79 Å². The predicted octanol–water partition coefficient (Wildman–Crippen LogP) is 3.25. The molecule has 5 nitrogen and oxygen atoms in total. The molecule has 0 aliphatic heterocycles. The Morgan fingerprint density at radius 2 is 2.04 bits per heavy atom. The molecule has 0 radical (unpaired) electrons. The number of aromatic nitrogens is 1. The molecule has 0 spiro atoms. The van der Waals surface area contributed by atoms with E-state index in [0.29, 0.717) is 41.8 Å². The van der Waals surface area contributed by atoms with E-state index in [-0.39, 0.29) is 18.3 Å². The molecule has 0 bridgehead atoms. The molecule has 0 aliphatic carbocycles. The lowest BCUT2D eigenvalue weighted by atomic mass is 10.2. The Morgan fingerprint density at radius 3 is 2.74 bits per heavy atom. The summed E-state index contributed by atoms with van der Waals surface area (Å²) in [5.74, 6) is 0.867. The van der Waals surface area contributed by atoms with Gasteiger partial charge in [-0.25, -0.2) is 0 Å². The molecule has 1 aromatic heterocycles. The fourth-order valence-electron chi connectivity index (χ4n) is 1.88. The Bertz CT molecular complexity index is 647. The van der Waals surface area contributed by atoms with Gasteiger partial charge in [0.2, 0.25) is 0 Å². The van der Waals surface area contributed by atoms with E-state index in [2.05, 4.69) is 24.1 Å². The number of anilines is 1. The molecule has 0 aliphatic rings. The molecule has 23 heavy (non-hydrogen) atoms. The summed E-state index contributed by atoms with van der Waals surface area (Å²) in [6, 6.07) is 10.7. The van der Waals surface area contributed by atoms with Crippen LogP contribution in [0.25, 0.3) is 0 Å². The van der Waals surface area contributed by atoms with Gasteiger partial charge in [0.15, 0.2) is 0 Å². The van der Waals surface area contributed by atoms with Crippen LogP contribution in [0.3, 0.4) is 0 Å². The third-order valence-corrected chi connectivity index (χ3v) is 3.00.